The number of carbonyl (C=O) groups excluding carboxylic acids is 1. The number of hydrogen-bond donors (Lipinski definition) is 1. The molecule has 3 rings (SSSR count). The largest absolute Gasteiger partial charge is 0.457 e. The lowest BCUT2D eigenvalue weighted by atomic mass is 10.1. The smallest absolute Gasteiger partial charge is 0.339 e. The van der Waals surface area contributed by atoms with Crippen molar-refractivity contribution in [1.29, 1.82) is 0 Å². The van der Waals surface area contributed by atoms with E-state index >= 15 is 0 Å². The number of pyridine rings is 1. The van der Waals surface area contributed by atoms with Gasteiger partial charge in [-0.2, -0.15) is 0 Å². The molecule has 0 aliphatic heterocycles. The van der Waals surface area contributed by atoms with Gasteiger partial charge in [0.25, 0.3) is 5.56 Å². The van der Waals surface area contributed by atoms with Gasteiger partial charge in [-0.05, 0) is 45.6 Å². The van der Waals surface area contributed by atoms with Gasteiger partial charge in [-0.15, -0.1) is 0 Å². The van der Waals surface area contributed by atoms with E-state index in [9.17, 15) is 9.59 Å². The van der Waals surface area contributed by atoms with Crippen molar-refractivity contribution < 1.29 is 9.53 Å². The third kappa shape index (κ3) is 2.94. The topological polar surface area (TPSA) is 59.2 Å². The molecule has 4 nitrogen and oxygen atoms in total. The van der Waals surface area contributed by atoms with E-state index in [1.807, 2.05) is 30.3 Å². The number of fused-ring (bicyclic) bond motifs is 1. The number of aromatic nitrogens is 1. The van der Waals surface area contributed by atoms with E-state index in [0.29, 0.717) is 15.6 Å². The lowest BCUT2D eigenvalue weighted by molar-refractivity contribution is 0.0470. The second-order valence-corrected chi connectivity index (χ2v) is 5.62. The predicted octanol–water partition coefficient (Wildman–Crippen LogP) is 3.65. The fraction of sp³-hybridized carbons (Fsp3) is 0.0588. The molecule has 0 spiro atoms. The molecule has 1 heterocycles. The Bertz CT molecular complexity index is 902. The van der Waals surface area contributed by atoms with Crippen LogP contribution in [0.25, 0.3) is 10.9 Å². The number of benzene rings is 2. The zero-order valence-corrected chi connectivity index (χ0v) is 13.1. The molecule has 0 atom stereocenters. The zero-order valence-electron chi connectivity index (χ0n) is 11.5. The number of ether oxygens (including phenoxy) is 1. The van der Waals surface area contributed by atoms with E-state index in [1.165, 1.54) is 0 Å². The predicted molar refractivity (Wildman–Crippen MR) is 87.8 cm³/mol. The summed E-state index contributed by atoms with van der Waals surface area (Å²) in [6.45, 7) is -0.0691. The Morgan fingerprint density at radius 1 is 1.09 bits per heavy atom. The highest BCUT2D eigenvalue weighted by Gasteiger charge is 2.12. The van der Waals surface area contributed by atoms with Crippen LogP contribution in [0.2, 0.25) is 0 Å². The molecule has 0 saturated carbocycles. The van der Waals surface area contributed by atoms with Gasteiger partial charge in [0.15, 0.2) is 0 Å². The first-order valence-electron chi connectivity index (χ1n) is 6.68. The molecule has 1 aromatic heterocycles. The van der Waals surface area contributed by atoms with Crippen molar-refractivity contribution in [1.82, 2.24) is 4.98 Å². The van der Waals surface area contributed by atoms with Crippen molar-refractivity contribution in [2.24, 2.45) is 0 Å². The minimum Gasteiger partial charge on any atom is -0.457 e. The summed E-state index contributed by atoms with van der Waals surface area (Å²) in [5, 5.41) is 0.897. The molecule has 0 fully saturated rings. The van der Waals surface area contributed by atoms with Gasteiger partial charge in [0, 0.05) is 9.99 Å². The Morgan fingerprint density at radius 2 is 1.82 bits per heavy atom. The van der Waals surface area contributed by atoms with Crippen molar-refractivity contribution >= 4 is 32.8 Å². The van der Waals surface area contributed by atoms with E-state index in [4.69, 9.17) is 4.74 Å². The average molecular weight is 358 g/mol. The Labute approximate surface area is 134 Å². The number of nitrogens with one attached hydrogen (secondary N) is 1. The first-order chi connectivity index (χ1) is 10.6. The number of para-hydroxylation sites is 1. The zero-order chi connectivity index (χ0) is 15.5. The third-order valence-corrected chi connectivity index (χ3v) is 3.97. The van der Waals surface area contributed by atoms with Gasteiger partial charge < -0.3 is 9.72 Å². The Balaban J connectivity index is 1.82. The average Bonchev–Trinajstić information content (AvgIpc) is 2.53. The van der Waals surface area contributed by atoms with Crippen molar-refractivity contribution in [2.75, 3.05) is 0 Å². The second kappa shape index (κ2) is 6.15. The number of halogens is 1. The molecule has 0 aliphatic carbocycles. The number of aromatic amines is 1. The van der Waals surface area contributed by atoms with Crippen molar-refractivity contribution in [3.05, 3.63) is 80.6 Å². The molecule has 0 saturated heterocycles. The van der Waals surface area contributed by atoms with Crippen LogP contribution in [-0.2, 0) is 11.3 Å². The second-order valence-electron chi connectivity index (χ2n) is 4.77. The van der Waals surface area contributed by atoms with Crippen molar-refractivity contribution in [3.63, 3.8) is 0 Å². The fourth-order valence-electron chi connectivity index (χ4n) is 2.15. The number of hydrogen-bond acceptors (Lipinski definition) is 3. The van der Waals surface area contributed by atoms with E-state index in [1.54, 1.807) is 24.3 Å². The Hall–Kier alpha value is -2.40. The molecule has 5 heteroatoms. The van der Waals surface area contributed by atoms with Crippen LogP contribution in [0, 0.1) is 0 Å². The van der Waals surface area contributed by atoms with Gasteiger partial charge in [-0.1, -0.05) is 30.3 Å². The summed E-state index contributed by atoms with van der Waals surface area (Å²) in [5.41, 5.74) is 1.35. The lowest BCUT2D eigenvalue weighted by Crippen LogP contribution is -2.15. The highest BCUT2D eigenvalue weighted by Crippen LogP contribution is 2.17. The fourth-order valence-corrected chi connectivity index (χ4v) is 2.59. The number of esters is 1. The summed E-state index contributed by atoms with van der Waals surface area (Å²) in [4.78, 5) is 26.8. The van der Waals surface area contributed by atoms with Crippen molar-refractivity contribution in [2.45, 2.75) is 6.61 Å². The van der Waals surface area contributed by atoms with Crippen LogP contribution in [0.5, 0.6) is 0 Å². The SMILES string of the molecule is O=C(OCc1cc2ccccc2[nH]c1=O)c1ccccc1Br. The number of H-pyrrole nitrogens is 1. The van der Waals surface area contributed by atoms with Gasteiger partial charge in [0.05, 0.1) is 11.1 Å². The van der Waals surface area contributed by atoms with Crippen LogP contribution >= 0.6 is 15.9 Å². The van der Waals surface area contributed by atoms with Crippen LogP contribution < -0.4 is 5.56 Å². The van der Waals surface area contributed by atoms with E-state index < -0.39 is 5.97 Å². The Morgan fingerprint density at radius 3 is 2.64 bits per heavy atom. The van der Waals surface area contributed by atoms with Gasteiger partial charge in [0.2, 0.25) is 0 Å². The number of rotatable bonds is 3. The minimum atomic E-state index is -0.472. The molecule has 0 bridgehead atoms. The van der Waals surface area contributed by atoms with E-state index in [2.05, 4.69) is 20.9 Å². The van der Waals surface area contributed by atoms with Gasteiger partial charge >= 0.3 is 5.97 Å². The molecular formula is C17H12BrNO3. The van der Waals surface area contributed by atoms with Crippen molar-refractivity contribution in [3.8, 4) is 0 Å². The lowest BCUT2D eigenvalue weighted by Gasteiger charge is -2.07. The standard InChI is InChI=1S/C17H12BrNO3/c18-14-7-3-2-6-13(14)17(21)22-10-12-9-11-5-1-4-8-15(11)19-16(12)20/h1-9H,10H2,(H,19,20). The minimum absolute atomic E-state index is 0.0691. The normalized spacial score (nSPS) is 10.6. The molecule has 0 amide bonds. The first kappa shape index (κ1) is 14.5. The monoisotopic (exact) mass is 357 g/mol. The molecule has 3 aromatic rings. The van der Waals surface area contributed by atoms with Crippen LogP contribution in [-0.4, -0.2) is 11.0 Å². The Kier molecular flexibility index (Phi) is 4.06. The molecule has 1 N–H and O–H groups in total. The molecule has 0 radical (unpaired) electrons. The van der Waals surface area contributed by atoms with Crippen LogP contribution in [0.4, 0.5) is 0 Å². The molecule has 2 aromatic carbocycles. The molecular weight excluding hydrogens is 346 g/mol. The molecule has 0 unspecified atom stereocenters. The van der Waals surface area contributed by atoms with Gasteiger partial charge in [-0.25, -0.2) is 4.79 Å². The molecule has 22 heavy (non-hydrogen) atoms. The van der Waals surface area contributed by atoms with Gasteiger partial charge in [-0.3, -0.25) is 4.79 Å². The highest BCUT2D eigenvalue weighted by molar-refractivity contribution is 9.10. The first-order valence-corrected chi connectivity index (χ1v) is 7.47. The maximum Gasteiger partial charge on any atom is 0.339 e. The van der Waals surface area contributed by atoms with E-state index in [0.717, 1.165) is 10.9 Å². The third-order valence-electron chi connectivity index (χ3n) is 3.28. The summed E-state index contributed by atoms with van der Waals surface area (Å²) in [7, 11) is 0. The summed E-state index contributed by atoms with van der Waals surface area (Å²) in [5.74, 6) is -0.472. The highest BCUT2D eigenvalue weighted by atomic mass is 79.9. The maximum atomic E-state index is 12.0. The molecule has 0 aliphatic rings. The van der Waals surface area contributed by atoms with Gasteiger partial charge in [0.1, 0.15) is 6.61 Å². The summed E-state index contributed by atoms with van der Waals surface area (Å²) >= 11 is 3.30. The summed E-state index contributed by atoms with van der Waals surface area (Å²) in [6, 6.07) is 16.2. The van der Waals surface area contributed by atoms with E-state index in [-0.39, 0.29) is 12.2 Å². The van der Waals surface area contributed by atoms with Crippen LogP contribution in [0.1, 0.15) is 15.9 Å². The number of carbonyl (C=O) groups is 1. The maximum absolute atomic E-state index is 12.0. The summed E-state index contributed by atoms with van der Waals surface area (Å²) in [6.07, 6.45) is 0. The van der Waals surface area contributed by atoms with Crippen LogP contribution in [0.15, 0.2) is 63.9 Å². The molecule has 110 valence electrons. The quantitative estimate of drug-likeness (QED) is 0.727. The van der Waals surface area contributed by atoms with Crippen LogP contribution in [0.3, 0.4) is 0 Å². The summed E-state index contributed by atoms with van der Waals surface area (Å²) < 4.78 is 5.90.